The first-order valence-corrected chi connectivity index (χ1v) is 14.1. The highest BCUT2D eigenvalue weighted by molar-refractivity contribution is 7.86. The van der Waals surface area contributed by atoms with Gasteiger partial charge in [0, 0.05) is 17.2 Å². The van der Waals surface area contributed by atoms with Crippen LogP contribution in [0.4, 0.5) is 0 Å². The monoisotopic (exact) mass is 408 g/mol. The number of rotatable bonds is 4. The van der Waals surface area contributed by atoms with Gasteiger partial charge in [0.15, 0.2) is 8.32 Å². The van der Waals surface area contributed by atoms with Crippen molar-refractivity contribution >= 4 is 25.1 Å². The van der Waals surface area contributed by atoms with Crippen LogP contribution in [-0.2, 0) is 20.0 Å². The molecule has 4 nitrogen and oxygen atoms in total. The third-order valence-corrected chi connectivity index (χ3v) is 13.2. The minimum Gasteiger partial charge on any atom is -0.458 e. The summed E-state index contributed by atoms with van der Waals surface area (Å²) in [5, 5.41) is 0.121. The molecular weight excluding hydrogens is 376 g/mol. The molecule has 0 aromatic heterocycles. The van der Waals surface area contributed by atoms with Crippen molar-refractivity contribution in [1.82, 2.24) is 0 Å². The van der Waals surface area contributed by atoms with E-state index in [1.165, 1.54) is 0 Å². The van der Waals surface area contributed by atoms with Crippen molar-refractivity contribution in [3.05, 3.63) is 35.9 Å². The van der Waals surface area contributed by atoms with E-state index in [2.05, 4.69) is 33.9 Å². The minimum absolute atomic E-state index is 0.0136. The first-order chi connectivity index (χ1) is 12.6. The van der Waals surface area contributed by atoms with Gasteiger partial charge in [0.1, 0.15) is 6.10 Å². The van der Waals surface area contributed by atoms with Crippen LogP contribution in [0.3, 0.4) is 0 Å². The molecule has 1 saturated carbocycles. The van der Waals surface area contributed by atoms with Gasteiger partial charge in [-0.05, 0) is 49.5 Å². The van der Waals surface area contributed by atoms with Gasteiger partial charge in [0.05, 0.1) is 22.2 Å². The molecular formula is C21H32O4SSi. The summed E-state index contributed by atoms with van der Waals surface area (Å²) in [5.74, 6) is 0.102. The maximum Gasteiger partial charge on any atom is 0.338 e. The van der Waals surface area contributed by atoms with Crippen LogP contribution in [0.2, 0.25) is 18.1 Å². The molecule has 27 heavy (non-hydrogen) atoms. The molecule has 1 unspecified atom stereocenters. The van der Waals surface area contributed by atoms with Crippen LogP contribution in [0.25, 0.3) is 0 Å². The highest BCUT2D eigenvalue weighted by Crippen LogP contribution is 2.49. The van der Waals surface area contributed by atoms with Gasteiger partial charge in [0.25, 0.3) is 0 Å². The Morgan fingerprint density at radius 2 is 1.89 bits per heavy atom. The lowest BCUT2D eigenvalue weighted by molar-refractivity contribution is 0.0301. The molecule has 1 saturated heterocycles. The maximum absolute atomic E-state index is 13.1. The van der Waals surface area contributed by atoms with Gasteiger partial charge < -0.3 is 9.16 Å². The van der Waals surface area contributed by atoms with E-state index in [0.717, 1.165) is 19.3 Å². The minimum atomic E-state index is -1.94. The number of ether oxygens (including phenoxy) is 1. The normalized spacial score (nSPS) is 31.4. The topological polar surface area (TPSA) is 52.6 Å². The summed E-state index contributed by atoms with van der Waals surface area (Å²) in [6.45, 7) is 11.2. The lowest BCUT2D eigenvalue weighted by Gasteiger charge is -2.42. The zero-order valence-corrected chi connectivity index (χ0v) is 18.9. The van der Waals surface area contributed by atoms with Crippen LogP contribution in [0.5, 0.6) is 0 Å². The zero-order chi connectivity index (χ0) is 19.9. The fraction of sp³-hybridized carbons (Fsp3) is 0.667. The smallest absolute Gasteiger partial charge is 0.338 e. The summed E-state index contributed by atoms with van der Waals surface area (Å²) in [4.78, 5) is 12.4. The van der Waals surface area contributed by atoms with E-state index < -0.39 is 19.1 Å². The largest absolute Gasteiger partial charge is 0.458 e. The van der Waals surface area contributed by atoms with Gasteiger partial charge in [-0.25, -0.2) is 4.79 Å². The number of carbonyl (C=O) groups excluding carboxylic acids is 1. The molecule has 1 heterocycles. The average Bonchev–Trinajstić information content (AvgIpc) is 3.11. The third-order valence-electron chi connectivity index (χ3n) is 6.54. The molecule has 1 aromatic carbocycles. The number of esters is 1. The molecule has 1 spiro atoms. The van der Waals surface area contributed by atoms with Crippen LogP contribution < -0.4 is 0 Å². The number of hydrogen-bond acceptors (Lipinski definition) is 4. The fourth-order valence-electron chi connectivity index (χ4n) is 3.94. The summed E-state index contributed by atoms with van der Waals surface area (Å²) in [7, 11) is -2.97. The predicted octanol–water partition coefficient (Wildman–Crippen LogP) is 4.68. The second-order valence-corrected chi connectivity index (χ2v) is 16.0. The Balaban J connectivity index is 1.72. The van der Waals surface area contributed by atoms with Crippen molar-refractivity contribution in [2.75, 3.05) is 5.75 Å². The van der Waals surface area contributed by atoms with Gasteiger partial charge in [-0.15, -0.1) is 0 Å². The van der Waals surface area contributed by atoms with Crippen LogP contribution in [-0.4, -0.2) is 41.2 Å². The standard InChI is InChI=1S/C21H32O4SSi/c1-20(2,3)27(4,5)25-18-12-9-13-21(18)14-17(15-26(21)23)24-19(22)16-10-7-6-8-11-16/h6-8,10-11,17-18H,9,12-15H2,1-5H3/t17-,18-,21+,26?/m1/s1. The Kier molecular flexibility index (Phi) is 5.72. The summed E-state index contributed by atoms with van der Waals surface area (Å²) in [6, 6.07) is 9.03. The molecule has 1 aliphatic heterocycles. The molecule has 0 bridgehead atoms. The van der Waals surface area contributed by atoms with E-state index in [-0.39, 0.29) is 28.0 Å². The van der Waals surface area contributed by atoms with Crippen molar-refractivity contribution in [2.45, 2.75) is 81.5 Å². The fourth-order valence-corrected chi connectivity index (χ4v) is 7.50. The van der Waals surface area contributed by atoms with Crippen molar-refractivity contribution in [3.63, 3.8) is 0 Å². The van der Waals surface area contributed by atoms with Crippen LogP contribution in [0.1, 0.15) is 56.8 Å². The SMILES string of the molecule is CC(C)(C)[Si](C)(C)O[C@@H]1CCC[C@]12C[C@@H](OC(=O)c1ccccc1)CS2=O. The highest BCUT2D eigenvalue weighted by atomic mass is 32.2. The maximum atomic E-state index is 13.1. The van der Waals surface area contributed by atoms with Crippen molar-refractivity contribution in [2.24, 2.45) is 0 Å². The molecule has 6 heteroatoms. The lowest BCUT2D eigenvalue weighted by Crippen LogP contribution is -2.50. The van der Waals surface area contributed by atoms with Crippen molar-refractivity contribution < 1.29 is 18.2 Å². The Hall–Kier alpha value is -0.983. The van der Waals surface area contributed by atoms with E-state index >= 15 is 0 Å². The summed E-state index contributed by atoms with van der Waals surface area (Å²) in [5.41, 5.74) is 0.546. The van der Waals surface area contributed by atoms with Crippen LogP contribution in [0.15, 0.2) is 30.3 Å². The van der Waals surface area contributed by atoms with Gasteiger partial charge in [-0.3, -0.25) is 4.21 Å². The molecule has 0 N–H and O–H groups in total. The quantitative estimate of drug-likeness (QED) is 0.536. The van der Waals surface area contributed by atoms with E-state index in [4.69, 9.17) is 9.16 Å². The summed E-state index contributed by atoms with van der Waals surface area (Å²) in [6.07, 6.45) is 3.26. The third kappa shape index (κ3) is 4.08. The Bertz CT molecular complexity index is 713. The number of benzene rings is 1. The van der Waals surface area contributed by atoms with Crippen molar-refractivity contribution in [1.29, 1.82) is 0 Å². The van der Waals surface area contributed by atoms with Crippen LogP contribution in [0, 0.1) is 0 Å². The number of hydrogen-bond donors (Lipinski definition) is 0. The van der Waals surface area contributed by atoms with E-state index in [1.807, 2.05) is 18.2 Å². The van der Waals surface area contributed by atoms with Gasteiger partial charge in [-0.1, -0.05) is 39.0 Å². The lowest BCUT2D eigenvalue weighted by atomic mass is 9.98. The van der Waals surface area contributed by atoms with Crippen molar-refractivity contribution in [3.8, 4) is 0 Å². The molecule has 2 aliphatic rings. The van der Waals surface area contributed by atoms with Crippen LogP contribution >= 0.6 is 0 Å². The van der Waals surface area contributed by atoms with E-state index in [0.29, 0.717) is 17.7 Å². The average molecular weight is 409 g/mol. The molecule has 1 aliphatic carbocycles. The zero-order valence-electron chi connectivity index (χ0n) is 17.1. The Morgan fingerprint density at radius 1 is 1.22 bits per heavy atom. The second-order valence-electron chi connectivity index (χ2n) is 9.43. The van der Waals surface area contributed by atoms with Gasteiger partial charge in [-0.2, -0.15) is 0 Å². The Morgan fingerprint density at radius 3 is 2.52 bits per heavy atom. The van der Waals surface area contributed by atoms with Gasteiger partial charge >= 0.3 is 5.97 Å². The number of carbonyl (C=O) groups is 1. The predicted molar refractivity (Wildman–Crippen MR) is 112 cm³/mol. The molecule has 1 aromatic rings. The van der Waals surface area contributed by atoms with E-state index in [1.54, 1.807) is 12.1 Å². The van der Waals surface area contributed by atoms with Gasteiger partial charge in [0.2, 0.25) is 0 Å². The highest BCUT2D eigenvalue weighted by Gasteiger charge is 2.57. The van der Waals surface area contributed by atoms with E-state index in [9.17, 15) is 9.00 Å². The molecule has 3 rings (SSSR count). The second kappa shape index (κ2) is 7.45. The molecule has 2 fully saturated rings. The summed E-state index contributed by atoms with van der Waals surface area (Å²) < 4.78 is 25.2. The molecule has 4 atom stereocenters. The first-order valence-electron chi connectivity index (χ1n) is 9.87. The molecule has 150 valence electrons. The Labute approximate surface area is 166 Å². The summed E-state index contributed by atoms with van der Waals surface area (Å²) >= 11 is 0. The first kappa shape index (κ1) is 20.7. The molecule has 0 radical (unpaired) electrons. The molecule has 0 amide bonds.